The van der Waals surface area contributed by atoms with Gasteiger partial charge in [0.1, 0.15) is 5.82 Å². The van der Waals surface area contributed by atoms with Crippen LogP contribution in [0.5, 0.6) is 0 Å². The largest absolute Gasteiger partial charge is 0.263 e. The van der Waals surface area contributed by atoms with Crippen molar-refractivity contribution in [3.05, 3.63) is 78.5 Å². The van der Waals surface area contributed by atoms with Crippen LogP contribution < -0.4 is 4.72 Å². The highest BCUT2D eigenvalue weighted by Gasteiger charge is 2.14. The Balaban J connectivity index is 1.83. The van der Waals surface area contributed by atoms with Gasteiger partial charge in [-0.25, -0.2) is 13.4 Å². The summed E-state index contributed by atoms with van der Waals surface area (Å²) in [6, 6.07) is 20.1. The lowest BCUT2D eigenvalue weighted by atomic mass is 10.1. The van der Waals surface area contributed by atoms with Gasteiger partial charge in [-0.2, -0.15) is 0 Å². The second-order valence-corrected chi connectivity index (χ2v) is 6.90. The summed E-state index contributed by atoms with van der Waals surface area (Å²) < 4.78 is 27.2. The molecule has 0 bridgehead atoms. The lowest BCUT2D eigenvalue weighted by molar-refractivity contribution is 0.601. The van der Waals surface area contributed by atoms with Gasteiger partial charge >= 0.3 is 0 Å². The maximum atomic E-state index is 12.4. The predicted octanol–water partition coefficient (Wildman–Crippen LogP) is 3.86. The van der Waals surface area contributed by atoms with Crippen molar-refractivity contribution < 1.29 is 8.42 Å². The minimum absolute atomic E-state index is 0.228. The van der Waals surface area contributed by atoms with Crippen molar-refractivity contribution in [2.24, 2.45) is 0 Å². The number of sulfonamides is 1. The molecule has 116 valence electrons. The summed E-state index contributed by atoms with van der Waals surface area (Å²) in [4.78, 5) is 4.43. The zero-order chi connectivity index (χ0) is 16.3. The Morgan fingerprint density at radius 3 is 2.30 bits per heavy atom. The Morgan fingerprint density at radius 1 is 0.870 bits per heavy atom. The molecular weight excluding hydrogens is 308 g/mol. The van der Waals surface area contributed by atoms with Crippen LogP contribution in [0.15, 0.2) is 77.8 Å². The number of hydrogen-bond acceptors (Lipinski definition) is 3. The van der Waals surface area contributed by atoms with Crippen LogP contribution in [0, 0.1) is 6.92 Å². The molecule has 0 aliphatic rings. The summed E-state index contributed by atoms with van der Waals surface area (Å²) in [6.45, 7) is 1.85. The highest BCUT2D eigenvalue weighted by atomic mass is 32.2. The molecule has 0 amide bonds. The van der Waals surface area contributed by atoms with Gasteiger partial charge in [-0.05, 0) is 42.3 Å². The smallest absolute Gasteiger partial charge is 0.263 e. The fraction of sp³-hybridized carbons (Fsp3) is 0.0556. The van der Waals surface area contributed by atoms with Crippen molar-refractivity contribution in [2.45, 2.75) is 11.8 Å². The molecule has 1 heterocycles. The van der Waals surface area contributed by atoms with E-state index >= 15 is 0 Å². The second-order valence-electron chi connectivity index (χ2n) is 5.22. The number of nitrogens with zero attached hydrogens (tertiary/aromatic N) is 1. The zero-order valence-corrected chi connectivity index (χ0v) is 13.4. The lowest BCUT2D eigenvalue weighted by Crippen LogP contribution is -2.13. The van der Waals surface area contributed by atoms with Crippen molar-refractivity contribution in [2.75, 3.05) is 4.72 Å². The molecule has 0 unspecified atom stereocenters. The lowest BCUT2D eigenvalue weighted by Gasteiger charge is -2.08. The molecule has 2 aromatic carbocycles. The highest BCUT2D eigenvalue weighted by molar-refractivity contribution is 7.92. The van der Waals surface area contributed by atoms with E-state index in [-0.39, 0.29) is 4.90 Å². The average molecular weight is 324 g/mol. The second kappa shape index (κ2) is 6.22. The van der Waals surface area contributed by atoms with Gasteiger partial charge in [-0.1, -0.05) is 42.5 Å². The van der Waals surface area contributed by atoms with Crippen molar-refractivity contribution >= 4 is 15.8 Å². The Hall–Kier alpha value is -2.66. The maximum absolute atomic E-state index is 12.4. The van der Waals surface area contributed by atoms with Crippen LogP contribution >= 0.6 is 0 Å². The van der Waals surface area contributed by atoms with Crippen LogP contribution in [0.2, 0.25) is 0 Å². The SMILES string of the molecule is Cc1cccc(S(=O)(=O)Nc2ccc(-c3ccccc3)cn2)c1. The van der Waals surface area contributed by atoms with Gasteiger partial charge in [-0.3, -0.25) is 4.72 Å². The molecule has 5 heteroatoms. The van der Waals surface area contributed by atoms with Gasteiger partial charge in [-0.15, -0.1) is 0 Å². The van der Waals surface area contributed by atoms with Crippen molar-refractivity contribution in [1.29, 1.82) is 0 Å². The molecule has 0 radical (unpaired) electrons. The summed E-state index contributed by atoms with van der Waals surface area (Å²) in [5, 5.41) is 0. The molecule has 0 atom stereocenters. The van der Waals surface area contributed by atoms with Gasteiger partial charge in [0, 0.05) is 11.8 Å². The predicted molar refractivity (Wildman–Crippen MR) is 91.7 cm³/mol. The Kier molecular flexibility index (Phi) is 4.12. The van der Waals surface area contributed by atoms with Crippen molar-refractivity contribution in [3.8, 4) is 11.1 Å². The van der Waals surface area contributed by atoms with E-state index in [2.05, 4.69) is 9.71 Å². The maximum Gasteiger partial charge on any atom is 0.263 e. The fourth-order valence-corrected chi connectivity index (χ4v) is 3.35. The summed E-state index contributed by atoms with van der Waals surface area (Å²) in [5.41, 5.74) is 2.86. The van der Waals surface area contributed by atoms with Crippen LogP contribution in [-0.2, 0) is 10.0 Å². The molecule has 0 saturated carbocycles. The van der Waals surface area contributed by atoms with Gasteiger partial charge in [0.05, 0.1) is 4.90 Å². The monoisotopic (exact) mass is 324 g/mol. The molecule has 1 N–H and O–H groups in total. The number of benzene rings is 2. The van der Waals surface area contributed by atoms with E-state index < -0.39 is 10.0 Å². The summed E-state index contributed by atoms with van der Waals surface area (Å²) >= 11 is 0. The number of aromatic nitrogens is 1. The normalized spacial score (nSPS) is 11.2. The number of aryl methyl sites for hydroxylation is 1. The number of rotatable bonds is 4. The van der Waals surface area contributed by atoms with E-state index in [0.29, 0.717) is 5.82 Å². The summed E-state index contributed by atoms with van der Waals surface area (Å²) in [7, 11) is -3.63. The molecule has 0 fully saturated rings. The molecular formula is C18H16N2O2S. The van der Waals surface area contributed by atoms with Crippen molar-refractivity contribution in [1.82, 2.24) is 4.98 Å². The molecule has 1 aromatic heterocycles. The van der Waals surface area contributed by atoms with E-state index in [1.54, 1.807) is 30.5 Å². The first-order chi connectivity index (χ1) is 11.0. The minimum atomic E-state index is -3.63. The average Bonchev–Trinajstić information content (AvgIpc) is 2.56. The standard InChI is InChI=1S/C18H16N2O2S/c1-14-6-5-9-17(12-14)23(21,22)20-18-11-10-16(13-19-18)15-7-3-2-4-8-15/h2-13H,1H3,(H,19,20). The Labute approximate surface area is 135 Å². The van der Waals surface area contributed by atoms with Crippen LogP contribution in [0.1, 0.15) is 5.56 Å². The van der Waals surface area contributed by atoms with Crippen molar-refractivity contribution in [3.63, 3.8) is 0 Å². The molecule has 0 aliphatic heterocycles. The zero-order valence-electron chi connectivity index (χ0n) is 12.6. The molecule has 3 rings (SSSR count). The van der Waals surface area contributed by atoms with E-state index in [0.717, 1.165) is 16.7 Å². The van der Waals surface area contributed by atoms with Gasteiger partial charge < -0.3 is 0 Å². The Bertz CT molecular complexity index is 905. The minimum Gasteiger partial charge on any atom is -0.263 e. The molecule has 0 aliphatic carbocycles. The highest BCUT2D eigenvalue weighted by Crippen LogP contribution is 2.20. The third-order valence-corrected chi connectivity index (χ3v) is 4.76. The molecule has 23 heavy (non-hydrogen) atoms. The first-order valence-corrected chi connectivity index (χ1v) is 8.64. The third-order valence-electron chi connectivity index (χ3n) is 3.41. The summed E-state index contributed by atoms with van der Waals surface area (Å²) in [6.07, 6.45) is 1.66. The topological polar surface area (TPSA) is 59.1 Å². The third kappa shape index (κ3) is 3.57. The van der Waals surface area contributed by atoms with Gasteiger partial charge in [0.25, 0.3) is 10.0 Å². The quantitative estimate of drug-likeness (QED) is 0.793. The van der Waals surface area contributed by atoms with E-state index in [4.69, 9.17) is 0 Å². The fourth-order valence-electron chi connectivity index (χ4n) is 2.23. The van der Waals surface area contributed by atoms with E-state index in [9.17, 15) is 8.42 Å². The first-order valence-electron chi connectivity index (χ1n) is 7.15. The number of anilines is 1. The Morgan fingerprint density at radius 2 is 1.65 bits per heavy atom. The number of hydrogen-bond donors (Lipinski definition) is 1. The molecule has 4 nitrogen and oxygen atoms in total. The first kappa shape index (κ1) is 15.2. The van der Waals surface area contributed by atoms with Crippen LogP contribution in [0.25, 0.3) is 11.1 Å². The van der Waals surface area contributed by atoms with Crippen LogP contribution in [-0.4, -0.2) is 13.4 Å². The molecule has 0 saturated heterocycles. The molecule has 0 spiro atoms. The number of pyridine rings is 1. The summed E-state index contributed by atoms with van der Waals surface area (Å²) in [5.74, 6) is 0.297. The van der Waals surface area contributed by atoms with E-state index in [1.165, 1.54) is 0 Å². The van der Waals surface area contributed by atoms with Crippen LogP contribution in [0.3, 0.4) is 0 Å². The van der Waals surface area contributed by atoms with E-state index in [1.807, 2.05) is 49.4 Å². The van der Waals surface area contributed by atoms with Gasteiger partial charge in [0.15, 0.2) is 0 Å². The molecule has 3 aromatic rings. The number of nitrogens with one attached hydrogen (secondary N) is 1. The van der Waals surface area contributed by atoms with Crippen LogP contribution in [0.4, 0.5) is 5.82 Å². The van der Waals surface area contributed by atoms with Gasteiger partial charge in [0.2, 0.25) is 0 Å².